The van der Waals surface area contributed by atoms with Crippen LogP contribution in [0.4, 0.5) is 0 Å². The number of rotatable bonds is 8. The van der Waals surface area contributed by atoms with E-state index in [1.54, 1.807) is 0 Å². The fourth-order valence-electron chi connectivity index (χ4n) is 4.72. The van der Waals surface area contributed by atoms with Crippen LogP contribution in [0.3, 0.4) is 0 Å². The quantitative estimate of drug-likeness (QED) is 0.219. The molecule has 0 atom stereocenters. The third kappa shape index (κ3) is 5.77. The highest BCUT2D eigenvalue weighted by Crippen LogP contribution is 2.44. The van der Waals surface area contributed by atoms with Crippen LogP contribution >= 0.6 is 22.7 Å². The van der Waals surface area contributed by atoms with Gasteiger partial charge in [0.1, 0.15) is 0 Å². The highest BCUT2D eigenvalue weighted by molar-refractivity contribution is 7.14. The van der Waals surface area contributed by atoms with Crippen molar-refractivity contribution in [2.45, 2.75) is 46.2 Å². The first-order valence-corrected chi connectivity index (χ1v) is 13.8. The maximum Gasteiger partial charge on any atom is 0.0640 e. The standard InChI is InChI=1S/C31H30N2S2/c1-22-30(16-26(34-22)20-32-18-24-10-5-3-6-11-24)28-14-9-15-29(28)31-17-27(35-23(31)2)21-33-19-25-12-7-4-8-13-25/h3-8,10-13,16-17,20-21H,9,14-15,18-19H2,1-2H3. The average molecular weight is 495 g/mol. The van der Waals surface area contributed by atoms with Crippen molar-refractivity contribution in [3.8, 4) is 0 Å². The van der Waals surface area contributed by atoms with Gasteiger partial charge in [-0.25, -0.2) is 0 Å². The molecule has 0 fully saturated rings. The van der Waals surface area contributed by atoms with E-state index in [1.165, 1.54) is 59.3 Å². The third-order valence-corrected chi connectivity index (χ3v) is 8.38. The van der Waals surface area contributed by atoms with Crippen LogP contribution in [0.15, 0.2) is 82.8 Å². The Hall–Kier alpha value is -3.08. The van der Waals surface area contributed by atoms with Crippen LogP contribution in [0.1, 0.15) is 61.0 Å². The Bertz CT molecular complexity index is 1270. The first-order chi connectivity index (χ1) is 17.2. The summed E-state index contributed by atoms with van der Waals surface area (Å²) in [4.78, 5) is 14.6. The van der Waals surface area contributed by atoms with Gasteiger partial charge in [0, 0.05) is 31.9 Å². The second-order valence-corrected chi connectivity index (χ2v) is 11.5. The highest BCUT2D eigenvalue weighted by atomic mass is 32.1. The lowest BCUT2D eigenvalue weighted by Crippen LogP contribution is -1.87. The highest BCUT2D eigenvalue weighted by Gasteiger charge is 2.22. The van der Waals surface area contributed by atoms with Gasteiger partial charge >= 0.3 is 0 Å². The van der Waals surface area contributed by atoms with Crippen LogP contribution in [0, 0.1) is 13.8 Å². The molecule has 176 valence electrons. The van der Waals surface area contributed by atoms with Gasteiger partial charge in [-0.2, -0.15) is 0 Å². The molecule has 0 saturated carbocycles. The van der Waals surface area contributed by atoms with Crippen LogP contribution in [0.25, 0.3) is 11.1 Å². The number of nitrogens with zero attached hydrogens (tertiary/aromatic N) is 2. The molecule has 2 nitrogen and oxygen atoms in total. The molecular formula is C31H30N2S2. The number of aryl methyl sites for hydroxylation is 2. The van der Waals surface area contributed by atoms with Crippen LogP contribution in [-0.2, 0) is 13.1 Å². The zero-order chi connectivity index (χ0) is 24.0. The van der Waals surface area contributed by atoms with Crippen molar-refractivity contribution in [3.05, 3.63) is 115 Å². The third-order valence-electron chi connectivity index (χ3n) is 6.41. The molecule has 35 heavy (non-hydrogen) atoms. The minimum Gasteiger partial charge on any atom is -0.287 e. The van der Waals surface area contributed by atoms with Crippen LogP contribution in [0.5, 0.6) is 0 Å². The number of aliphatic imine (C=N–C) groups is 2. The summed E-state index contributed by atoms with van der Waals surface area (Å²) < 4.78 is 0. The molecule has 5 rings (SSSR count). The number of hydrogen-bond acceptors (Lipinski definition) is 4. The van der Waals surface area contributed by atoms with Gasteiger partial charge in [0.2, 0.25) is 0 Å². The second-order valence-electron chi connectivity index (χ2n) is 8.96. The summed E-state index contributed by atoms with van der Waals surface area (Å²) in [7, 11) is 0. The molecule has 4 aromatic rings. The second kappa shape index (κ2) is 11.1. The normalized spacial score (nSPS) is 14.1. The van der Waals surface area contributed by atoms with Crippen molar-refractivity contribution >= 4 is 46.2 Å². The largest absolute Gasteiger partial charge is 0.287 e. The number of hydrogen-bond donors (Lipinski definition) is 0. The van der Waals surface area contributed by atoms with E-state index in [0.717, 1.165) is 25.9 Å². The van der Waals surface area contributed by atoms with E-state index in [0.29, 0.717) is 0 Å². The monoisotopic (exact) mass is 494 g/mol. The molecule has 2 aromatic carbocycles. The summed E-state index contributed by atoms with van der Waals surface area (Å²) in [5, 5.41) is 0. The van der Waals surface area contributed by atoms with Crippen molar-refractivity contribution < 1.29 is 0 Å². The average Bonchev–Trinajstić information content (AvgIpc) is 3.58. The van der Waals surface area contributed by atoms with Gasteiger partial charge in [0.25, 0.3) is 0 Å². The van der Waals surface area contributed by atoms with E-state index >= 15 is 0 Å². The lowest BCUT2D eigenvalue weighted by Gasteiger charge is -2.07. The Morgan fingerprint density at radius 2 is 1.09 bits per heavy atom. The van der Waals surface area contributed by atoms with Crippen molar-refractivity contribution in [3.63, 3.8) is 0 Å². The number of benzene rings is 2. The van der Waals surface area contributed by atoms with Gasteiger partial charge in [-0.15, -0.1) is 22.7 Å². The molecule has 0 amide bonds. The Morgan fingerprint density at radius 1 is 0.657 bits per heavy atom. The van der Waals surface area contributed by atoms with Gasteiger partial charge in [0.05, 0.1) is 13.1 Å². The summed E-state index contributed by atoms with van der Waals surface area (Å²) in [6.07, 6.45) is 7.62. The first-order valence-electron chi connectivity index (χ1n) is 12.2. The van der Waals surface area contributed by atoms with E-state index < -0.39 is 0 Å². The van der Waals surface area contributed by atoms with E-state index in [1.807, 2.05) is 47.2 Å². The van der Waals surface area contributed by atoms with E-state index in [4.69, 9.17) is 9.98 Å². The summed E-state index contributed by atoms with van der Waals surface area (Å²) in [5.74, 6) is 0. The molecule has 4 heteroatoms. The predicted octanol–water partition coefficient (Wildman–Crippen LogP) is 8.76. The summed E-state index contributed by atoms with van der Waals surface area (Å²) >= 11 is 3.70. The maximum absolute atomic E-state index is 4.69. The molecule has 2 aromatic heterocycles. The number of thiophene rings is 2. The molecule has 0 radical (unpaired) electrons. The molecule has 0 bridgehead atoms. The Labute approximate surface area is 216 Å². The molecule has 0 unspecified atom stereocenters. The fourth-order valence-corrected chi connectivity index (χ4v) is 6.62. The van der Waals surface area contributed by atoms with Crippen LogP contribution in [0.2, 0.25) is 0 Å². The summed E-state index contributed by atoms with van der Waals surface area (Å²) in [6, 6.07) is 25.6. The molecule has 0 aliphatic heterocycles. The molecule has 2 heterocycles. The van der Waals surface area contributed by atoms with Gasteiger partial charge < -0.3 is 0 Å². The van der Waals surface area contributed by atoms with Crippen LogP contribution < -0.4 is 0 Å². The number of allylic oxidation sites excluding steroid dienone is 2. The van der Waals surface area contributed by atoms with Crippen LogP contribution in [-0.4, -0.2) is 12.4 Å². The topological polar surface area (TPSA) is 24.7 Å². The molecule has 0 saturated heterocycles. The Morgan fingerprint density at radius 3 is 1.51 bits per heavy atom. The molecule has 0 spiro atoms. The SMILES string of the molecule is Cc1sc(C=NCc2ccccc2)cc1C1=C(c2cc(C=NCc3ccccc3)sc2C)CCC1. The van der Waals surface area contributed by atoms with E-state index in [9.17, 15) is 0 Å². The van der Waals surface area contributed by atoms with Gasteiger partial charge in [-0.05, 0) is 78.6 Å². The maximum atomic E-state index is 4.69. The molecule has 1 aliphatic rings. The minimum atomic E-state index is 0.726. The minimum absolute atomic E-state index is 0.726. The Kier molecular flexibility index (Phi) is 7.51. The van der Waals surface area contributed by atoms with Crippen molar-refractivity contribution in [1.29, 1.82) is 0 Å². The Balaban J connectivity index is 1.35. The van der Waals surface area contributed by atoms with Gasteiger partial charge in [-0.1, -0.05) is 60.7 Å². The smallest absolute Gasteiger partial charge is 0.0640 e. The van der Waals surface area contributed by atoms with Gasteiger partial charge in [0.15, 0.2) is 0 Å². The lowest BCUT2D eigenvalue weighted by molar-refractivity contribution is 0.941. The zero-order valence-corrected chi connectivity index (χ0v) is 22.0. The van der Waals surface area contributed by atoms with Crippen molar-refractivity contribution in [2.75, 3.05) is 0 Å². The molecular weight excluding hydrogens is 464 g/mol. The molecule has 1 aliphatic carbocycles. The summed E-state index contributed by atoms with van der Waals surface area (Å²) in [6.45, 7) is 5.95. The van der Waals surface area contributed by atoms with E-state index in [2.05, 4.69) is 74.5 Å². The van der Waals surface area contributed by atoms with Crippen molar-refractivity contribution in [2.24, 2.45) is 9.98 Å². The predicted molar refractivity (Wildman–Crippen MR) is 154 cm³/mol. The zero-order valence-electron chi connectivity index (χ0n) is 20.3. The van der Waals surface area contributed by atoms with Gasteiger partial charge in [-0.3, -0.25) is 9.98 Å². The fraction of sp³-hybridized carbons (Fsp3) is 0.226. The summed E-state index contributed by atoms with van der Waals surface area (Å²) in [5.41, 5.74) is 8.36. The molecule has 0 N–H and O–H groups in total. The van der Waals surface area contributed by atoms with Crippen molar-refractivity contribution in [1.82, 2.24) is 0 Å². The lowest BCUT2D eigenvalue weighted by atomic mass is 9.97. The van der Waals surface area contributed by atoms with E-state index in [-0.39, 0.29) is 0 Å². The first kappa shape index (κ1) is 23.7.